The number of thiophene rings is 1. The van der Waals surface area contributed by atoms with Crippen LogP contribution in [0.25, 0.3) is 0 Å². The number of ether oxygens (including phenoxy) is 4. The number of hydrogen-bond donors (Lipinski definition) is 2. The normalized spacial score (nSPS) is 17.4. The van der Waals surface area contributed by atoms with Gasteiger partial charge >= 0.3 is 6.09 Å². The number of nitrogens with zero attached hydrogens (tertiary/aromatic N) is 10. The van der Waals surface area contributed by atoms with E-state index in [0.717, 1.165) is 109 Å². The second-order valence-electron chi connectivity index (χ2n) is 38.1. The molecule has 9 amide bonds. The molecular weight excluding hydrogens is 1910 g/mol. The summed E-state index contributed by atoms with van der Waals surface area (Å²) in [5.41, 5.74) is 14.3. The fraction of sp³-hybridized carbons (Fsp3) is 0.286. The predicted molar refractivity (Wildman–Crippen MR) is 588 cm³/mol. The van der Waals surface area contributed by atoms with Crippen molar-refractivity contribution in [3.63, 3.8) is 0 Å². The molecule has 0 radical (unpaired) electrons. The van der Waals surface area contributed by atoms with Crippen LogP contribution in [-0.4, -0.2) is 142 Å². The number of methoxy groups -OCH3 is 1. The number of morpholine rings is 1. The highest BCUT2D eigenvalue weighted by Crippen LogP contribution is 2.50. The van der Waals surface area contributed by atoms with Crippen LogP contribution in [0.3, 0.4) is 0 Å². The minimum atomic E-state index is -1.02. The molecule has 6 heterocycles. The quantitative estimate of drug-likeness (QED) is 0.0639. The van der Waals surface area contributed by atoms with Crippen LogP contribution >= 0.6 is 34.5 Å². The lowest BCUT2D eigenvalue weighted by Gasteiger charge is -2.43. The third-order valence-corrected chi connectivity index (χ3v) is 28.4. The molecule has 12 aromatic carbocycles. The third-order valence-electron chi connectivity index (χ3n) is 26.9. The second-order valence-corrected chi connectivity index (χ2v) is 40.3. The van der Waals surface area contributed by atoms with E-state index < -0.39 is 11.7 Å². The maximum atomic E-state index is 13.9. The average molecular weight is 2040 g/mol. The van der Waals surface area contributed by atoms with Crippen molar-refractivity contribution in [1.82, 2.24) is 0 Å². The van der Waals surface area contributed by atoms with Crippen molar-refractivity contribution in [2.45, 2.75) is 169 Å². The zero-order valence-corrected chi connectivity index (χ0v) is 87.6. The molecule has 1 aromatic heterocycles. The van der Waals surface area contributed by atoms with Gasteiger partial charge in [0.05, 0.1) is 60.7 Å². The predicted octanol–water partition coefficient (Wildman–Crippen LogP) is 24.8. The Morgan fingerprint density at radius 2 is 0.810 bits per heavy atom. The van der Waals surface area contributed by atoms with Gasteiger partial charge in [-0.15, -0.1) is 11.3 Å². The monoisotopic (exact) mass is 2030 g/mol. The summed E-state index contributed by atoms with van der Waals surface area (Å²) in [5.74, 6) is 0.758. The van der Waals surface area contributed by atoms with Crippen molar-refractivity contribution in [3.05, 3.63) is 374 Å². The summed E-state index contributed by atoms with van der Waals surface area (Å²) in [6.07, 6.45) is 2.25. The molecule has 760 valence electrons. The highest BCUT2D eigenvalue weighted by atomic mass is 35.5. The van der Waals surface area contributed by atoms with Crippen molar-refractivity contribution in [2.24, 2.45) is 0 Å². The summed E-state index contributed by atoms with van der Waals surface area (Å²) in [6.45, 7) is 23.4. The van der Waals surface area contributed by atoms with Crippen molar-refractivity contribution < 1.29 is 67.2 Å². The Labute approximate surface area is 874 Å². The number of rotatable bonds is 22. The largest absolute Gasteiger partial charge is 0.497 e. The summed E-state index contributed by atoms with van der Waals surface area (Å²) in [4.78, 5) is 140. The SMILES string of the molecule is CC(=O)N(c1ccc(Cl)cc1)[C@@H]1C[C@H](C)N(C(=O)c2ccc(C)s2)c2ccccc21.CC(=O)N(c1ccc(Cl)cc1)[C@@H]1C[C@H](C)N(C(=O)c2ccc(N(C)C)cc2)c2cc(OCC(C)(C)O)ccc21.CCC(=O)N(c1ccccc1)[C@@H]1C[C@H](C)N(C(=O)c2ccc(N3CCOCC3)cc2)c2ccccc21.COc1ccc(C(=O)N2c3ccccc3[C@H](N(C(C)=O)c3ccc(NC(=O)OCc4ccccc4)cc3)C[C@@H]2C)cc1. The Morgan fingerprint density at radius 1 is 0.435 bits per heavy atom. The summed E-state index contributed by atoms with van der Waals surface area (Å²) < 4.78 is 21.9. The molecule has 0 bridgehead atoms. The first-order valence-corrected chi connectivity index (χ1v) is 51.1. The Balaban J connectivity index is 0.000000148. The number of aliphatic hydroxyl groups is 1. The number of amides is 9. The van der Waals surface area contributed by atoms with Crippen molar-refractivity contribution in [1.29, 1.82) is 0 Å². The smallest absolute Gasteiger partial charge is 0.411 e. The van der Waals surface area contributed by atoms with E-state index in [4.69, 9.17) is 42.1 Å². The molecule has 147 heavy (non-hydrogen) atoms. The fourth-order valence-electron chi connectivity index (χ4n) is 19.9. The van der Waals surface area contributed by atoms with Gasteiger partial charge in [0.2, 0.25) is 23.6 Å². The fourth-order valence-corrected chi connectivity index (χ4v) is 20.9. The van der Waals surface area contributed by atoms with E-state index in [1.54, 1.807) is 127 Å². The van der Waals surface area contributed by atoms with E-state index in [-0.39, 0.29) is 109 Å². The van der Waals surface area contributed by atoms with Gasteiger partial charge in [0.15, 0.2) is 0 Å². The molecule has 0 aliphatic carbocycles. The van der Waals surface area contributed by atoms with Crippen LogP contribution in [0, 0.1) is 6.92 Å². The molecule has 28 heteroatoms. The van der Waals surface area contributed by atoms with Gasteiger partial charge in [0, 0.05) is 173 Å². The molecule has 2 N–H and O–H groups in total. The zero-order chi connectivity index (χ0) is 105. The summed E-state index contributed by atoms with van der Waals surface area (Å²) >= 11 is 13.7. The third kappa shape index (κ3) is 25.1. The number of nitrogens with one attached hydrogen (secondary N) is 1. The Hall–Kier alpha value is -14.9. The van der Waals surface area contributed by atoms with Crippen LogP contribution in [0.5, 0.6) is 11.5 Å². The molecular formula is C119H125Cl2N11O14S. The van der Waals surface area contributed by atoms with Crippen molar-refractivity contribution >= 4 is 150 Å². The maximum absolute atomic E-state index is 13.9. The van der Waals surface area contributed by atoms with Crippen LogP contribution in [0.15, 0.2) is 309 Å². The van der Waals surface area contributed by atoms with Gasteiger partial charge in [0.25, 0.3) is 23.6 Å². The standard InChI is InChI=1S/C34H33N3O5.C31H36ClN3O4.C30H33N3O3.C24H23ClN2O2S/c1-23-21-32(30-11-7-8-12-31(30)36(23)33(39)26-13-19-29(41-3)20-14-26)37(24(2)38)28-17-15-27(16-18-28)35-34(40)42-22-25-9-5-4-6-10-25;1-20-17-28(35(21(2)36)25-13-9-23(32)10-14-25)27-16-15-26(39-19-31(3,4)38)18-29(27)34(20)30(37)22-7-11-24(12-8-22)33(5)6;1-3-29(34)33(25-9-5-4-6-10-25)28-21-22(2)32(27-12-8-7-11-26(27)28)30(35)23-13-15-24(16-14-23)31-17-19-36-20-18-31;1-15-14-22(27(17(3)28)19-11-9-18(25)10-12-19)20-6-4-5-7-21(20)26(15)24(29)23-13-8-16(2)30-23/h4-20,23,32H,21-22H2,1-3H3,(H,35,40);7-16,18,20,28,38H,17,19H2,1-6H3;4-16,22,28H,3,17-21H2,1-2H3;4-13,15,22H,14H2,1-3H3/t23-,32+;20-,28+;22-,28+;15-,22+/m0000/s1. The molecule has 1 saturated heterocycles. The van der Waals surface area contributed by atoms with Crippen molar-refractivity contribution in [3.8, 4) is 11.5 Å². The second kappa shape index (κ2) is 47.9. The van der Waals surface area contributed by atoms with Crippen LogP contribution in [-0.2, 0) is 35.3 Å². The first-order chi connectivity index (χ1) is 70.6. The lowest BCUT2D eigenvalue weighted by atomic mass is 9.89. The van der Waals surface area contributed by atoms with Crippen LogP contribution in [0.2, 0.25) is 10.0 Å². The molecule has 18 rings (SSSR count). The number of carbonyl (C=O) groups excluding carboxylic acids is 9. The number of aryl methyl sites for hydroxylation is 1. The van der Waals surface area contributed by atoms with E-state index in [0.29, 0.717) is 87.4 Å². The van der Waals surface area contributed by atoms with E-state index in [1.807, 2.05) is 310 Å². The molecule has 8 atom stereocenters. The number of halogens is 2. The van der Waals surface area contributed by atoms with Gasteiger partial charge in [-0.1, -0.05) is 139 Å². The van der Waals surface area contributed by atoms with Crippen LogP contribution < -0.4 is 63.8 Å². The molecule has 1 fully saturated rings. The topological polar surface area (TPSA) is 255 Å². The van der Waals surface area contributed by atoms with E-state index in [2.05, 4.69) is 17.1 Å². The van der Waals surface area contributed by atoms with E-state index in [9.17, 15) is 48.3 Å². The van der Waals surface area contributed by atoms with Gasteiger partial charge in [-0.25, -0.2) is 4.79 Å². The van der Waals surface area contributed by atoms with Crippen LogP contribution in [0.4, 0.5) is 67.4 Å². The highest BCUT2D eigenvalue weighted by Gasteiger charge is 2.45. The number of carbonyl (C=O) groups is 9. The zero-order valence-electron chi connectivity index (χ0n) is 85.2. The van der Waals surface area contributed by atoms with Gasteiger partial charge in [-0.2, -0.15) is 0 Å². The van der Waals surface area contributed by atoms with Crippen molar-refractivity contribution in [2.75, 3.05) is 108 Å². The Morgan fingerprint density at radius 3 is 1.22 bits per heavy atom. The first kappa shape index (κ1) is 106. The maximum Gasteiger partial charge on any atom is 0.411 e. The number of anilines is 11. The molecule has 0 unspecified atom stereocenters. The number of benzene rings is 12. The minimum Gasteiger partial charge on any atom is -0.497 e. The van der Waals surface area contributed by atoms with Gasteiger partial charge in [-0.05, 0) is 296 Å². The number of para-hydroxylation sites is 4. The first-order valence-electron chi connectivity index (χ1n) is 49.5. The summed E-state index contributed by atoms with van der Waals surface area (Å²) in [6, 6.07) is 94.9. The summed E-state index contributed by atoms with van der Waals surface area (Å²) in [7, 11) is 5.50. The Bertz CT molecular complexity index is 6810. The highest BCUT2D eigenvalue weighted by molar-refractivity contribution is 7.14. The number of fused-ring (bicyclic) bond motifs is 4. The molecule has 13 aromatic rings. The minimum absolute atomic E-state index is 0.00682. The van der Waals surface area contributed by atoms with Gasteiger partial charge in [-0.3, -0.25) is 43.7 Å². The molecule has 0 spiro atoms. The lowest BCUT2D eigenvalue weighted by molar-refractivity contribution is -0.119. The van der Waals surface area contributed by atoms with Gasteiger partial charge in [0.1, 0.15) is 24.7 Å². The Kier molecular flexibility index (Phi) is 34.7. The molecule has 5 aliphatic heterocycles. The molecule has 0 saturated carbocycles. The van der Waals surface area contributed by atoms with E-state index in [1.165, 1.54) is 18.3 Å². The van der Waals surface area contributed by atoms with E-state index >= 15 is 0 Å². The van der Waals surface area contributed by atoms with Gasteiger partial charge < -0.3 is 73.1 Å². The summed E-state index contributed by atoms with van der Waals surface area (Å²) in [5, 5.41) is 14.1. The van der Waals surface area contributed by atoms with Crippen LogP contribution in [0.1, 0.15) is 199 Å². The molecule has 25 nitrogen and oxygen atoms in total. The molecule has 5 aliphatic rings. The lowest BCUT2D eigenvalue weighted by Crippen LogP contribution is -2.47. The number of hydrogen-bond acceptors (Lipinski definition) is 17. The average Bonchev–Trinajstić information content (AvgIpc) is 0.935.